The van der Waals surface area contributed by atoms with Crippen molar-refractivity contribution in [2.24, 2.45) is 16.7 Å². The Morgan fingerprint density at radius 2 is 1.62 bits per heavy atom. The van der Waals surface area contributed by atoms with E-state index in [2.05, 4.69) is 48.5 Å². The van der Waals surface area contributed by atoms with Gasteiger partial charge < -0.3 is 9.05 Å². The third-order valence-electron chi connectivity index (χ3n) is 5.65. The van der Waals surface area contributed by atoms with Crippen LogP contribution in [0.1, 0.15) is 67.7 Å². The van der Waals surface area contributed by atoms with Gasteiger partial charge in [-0.05, 0) is 75.5 Å². The van der Waals surface area contributed by atoms with E-state index in [1.165, 1.54) is 19.3 Å². The third kappa shape index (κ3) is 3.40. The molecule has 124 valence electrons. The minimum Gasteiger partial charge on any atom is -0.319 e. The van der Waals surface area contributed by atoms with E-state index < -0.39 is 5.69 Å². The Morgan fingerprint density at radius 3 is 1.95 bits per heavy atom. The fourth-order valence-electron chi connectivity index (χ4n) is 4.04. The Labute approximate surface area is 140 Å². The second-order valence-corrected chi connectivity index (χ2v) is 14.3. The lowest BCUT2D eigenvalue weighted by Gasteiger charge is -2.40. The lowest BCUT2D eigenvalue weighted by atomic mass is 9.71. The van der Waals surface area contributed by atoms with Gasteiger partial charge in [0.25, 0.3) is 0 Å². The van der Waals surface area contributed by atoms with Gasteiger partial charge in [-0.2, -0.15) is 0 Å². The van der Waals surface area contributed by atoms with Crippen LogP contribution in [0.4, 0.5) is 0 Å². The summed E-state index contributed by atoms with van der Waals surface area (Å²) in [5.74, 6) is 0.835. The molecule has 2 saturated carbocycles. The first-order valence-corrected chi connectivity index (χ1v) is 12.3. The molecule has 0 radical (unpaired) electrons. The molecule has 2 nitrogen and oxygen atoms in total. The molecule has 0 heterocycles. The lowest BCUT2D eigenvalue weighted by molar-refractivity contribution is 0.156. The fraction of sp³-hybridized carbons (Fsp3) is 1.00. The SMILES string of the molecule is CC(C)OP(=S)(OC(C)C)SC1C[C@H]2CC[C@]1(C)C2(C)C. The predicted molar refractivity (Wildman–Crippen MR) is 97.3 cm³/mol. The van der Waals surface area contributed by atoms with Crippen LogP contribution in [0, 0.1) is 16.7 Å². The molecule has 0 aromatic heterocycles. The molecule has 0 spiro atoms. The zero-order valence-electron chi connectivity index (χ0n) is 14.5. The summed E-state index contributed by atoms with van der Waals surface area (Å²) < 4.78 is 12.2. The van der Waals surface area contributed by atoms with Crippen LogP contribution in [0.5, 0.6) is 0 Å². The van der Waals surface area contributed by atoms with Crippen LogP contribution < -0.4 is 0 Å². The van der Waals surface area contributed by atoms with Crippen molar-refractivity contribution < 1.29 is 9.05 Å². The first kappa shape index (κ1) is 18.3. The highest BCUT2D eigenvalue weighted by Gasteiger charge is 2.62. The lowest BCUT2D eigenvalue weighted by Crippen LogP contribution is -2.33. The molecule has 0 aromatic carbocycles. The topological polar surface area (TPSA) is 18.5 Å². The second kappa shape index (κ2) is 6.09. The zero-order valence-corrected chi connectivity index (χ0v) is 17.0. The van der Waals surface area contributed by atoms with Gasteiger partial charge in [-0.1, -0.05) is 32.2 Å². The van der Waals surface area contributed by atoms with Crippen LogP contribution in [0.25, 0.3) is 0 Å². The molecule has 5 heteroatoms. The average molecular weight is 351 g/mol. The quantitative estimate of drug-likeness (QED) is 0.546. The standard InChI is InChI=1S/C16H31O2PS2/c1-11(2)17-19(20,18-12(3)4)21-14-10-13-8-9-16(14,7)15(13,5)6/h11-14H,8-10H2,1-7H3/t13-,14?,16+/m1/s1. The molecule has 2 aliphatic carbocycles. The smallest absolute Gasteiger partial charge is 0.248 e. The molecular formula is C16H31O2PS2. The van der Waals surface area contributed by atoms with Crippen molar-refractivity contribution in [3.05, 3.63) is 0 Å². The summed E-state index contributed by atoms with van der Waals surface area (Å²) in [6.07, 6.45) is 4.22. The molecule has 0 saturated heterocycles. The summed E-state index contributed by atoms with van der Waals surface area (Å²) in [7, 11) is 0. The predicted octanol–water partition coefficient (Wildman–Crippen LogP) is 6.01. The fourth-order valence-corrected chi connectivity index (χ4v) is 11.7. The number of hydrogen-bond acceptors (Lipinski definition) is 4. The van der Waals surface area contributed by atoms with Gasteiger partial charge in [-0.3, -0.25) is 0 Å². The van der Waals surface area contributed by atoms with Gasteiger partial charge in [0.1, 0.15) is 0 Å². The molecule has 1 unspecified atom stereocenters. The first-order chi connectivity index (χ1) is 9.50. The maximum Gasteiger partial charge on any atom is 0.248 e. The van der Waals surface area contributed by atoms with Crippen molar-refractivity contribution in [3.8, 4) is 0 Å². The molecule has 0 amide bonds. The summed E-state index contributed by atoms with van der Waals surface area (Å²) in [5, 5.41) is 0.578. The van der Waals surface area contributed by atoms with Gasteiger partial charge in [0.15, 0.2) is 0 Å². The van der Waals surface area contributed by atoms with Gasteiger partial charge >= 0.3 is 0 Å². The van der Waals surface area contributed by atoms with E-state index in [1.54, 1.807) is 0 Å². The molecule has 0 aromatic rings. The highest BCUT2D eigenvalue weighted by atomic mass is 32.9. The van der Waals surface area contributed by atoms with E-state index >= 15 is 0 Å². The van der Waals surface area contributed by atoms with Crippen LogP contribution in [0.2, 0.25) is 0 Å². The molecule has 2 bridgehead atoms. The molecule has 0 aliphatic heterocycles. The van der Waals surface area contributed by atoms with E-state index in [-0.39, 0.29) is 12.2 Å². The van der Waals surface area contributed by atoms with Crippen LogP contribution in [-0.2, 0) is 20.9 Å². The van der Waals surface area contributed by atoms with Crippen molar-refractivity contribution in [2.45, 2.75) is 85.2 Å². The van der Waals surface area contributed by atoms with Crippen molar-refractivity contribution in [1.82, 2.24) is 0 Å². The molecular weight excluding hydrogens is 319 g/mol. The molecule has 2 fully saturated rings. The molecule has 2 aliphatic rings. The molecule has 3 atom stereocenters. The average Bonchev–Trinajstić information content (AvgIpc) is 2.59. The highest BCUT2D eigenvalue weighted by molar-refractivity contribution is 8.68. The second-order valence-electron chi connectivity index (χ2n) is 7.96. The molecule has 21 heavy (non-hydrogen) atoms. The maximum absolute atomic E-state index is 6.10. The number of fused-ring (bicyclic) bond motifs is 2. The summed E-state index contributed by atoms with van der Waals surface area (Å²) in [6, 6.07) is 0. The molecule has 0 N–H and O–H groups in total. The Bertz CT molecular complexity index is 422. The molecule has 2 rings (SSSR count). The summed E-state index contributed by atoms with van der Waals surface area (Å²) in [6.45, 7) is 15.6. The minimum absolute atomic E-state index is 0.126. The van der Waals surface area contributed by atoms with Crippen LogP contribution in [0.3, 0.4) is 0 Å². The van der Waals surface area contributed by atoms with E-state index in [1.807, 2.05) is 11.4 Å². The van der Waals surface area contributed by atoms with Gasteiger partial charge in [0, 0.05) is 5.25 Å². The third-order valence-corrected chi connectivity index (χ3v) is 11.6. The van der Waals surface area contributed by atoms with Crippen LogP contribution in [-0.4, -0.2) is 17.5 Å². The Morgan fingerprint density at radius 1 is 1.10 bits per heavy atom. The Balaban J connectivity index is 2.17. The van der Waals surface area contributed by atoms with Crippen molar-refractivity contribution >= 4 is 28.9 Å². The van der Waals surface area contributed by atoms with Crippen molar-refractivity contribution in [1.29, 1.82) is 0 Å². The van der Waals surface area contributed by atoms with Crippen LogP contribution in [0.15, 0.2) is 0 Å². The summed E-state index contributed by atoms with van der Waals surface area (Å²) in [5.41, 5.74) is -1.47. The number of rotatable bonds is 6. The largest absolute Gasteiger partial charge is 0.319 e. The minimum atomic E-state index is -2.26. The van der Waals surface area contributed by atoms with Gasteiger partial charge in [0.05, 0.1) is 12.2 Å². The zero-order chi connectivity index (χ0) is 16.1. The normalized spacial score (nSPS) is 35.1. The Hall–Kier alpha value is 0.920. The summed E-state index contributed by atoms with van der Waals surface area (Å²) in [4.78, 5) is 0. The van der Waals surface area contributed by atoms with E-state index in [0.29, 0.717) is 16.1 Å². The van der Waals surface area contributed by atoms with Gasteiger partial charge in [-0.25, -0.2) is 0 Å². The highest BCUT2D eigenvalue weighted by Crippen LogP contribution is 2.75. The van der Waals surface area contributed by atoms with Crippen LogP contribution >= 0.6 is 17.1 Å². The number of hydrogen-bond donors (Lipinski definition) is 0. The van der Waals surface area contributed by atoms with Crippen molar-refractivity contribution in [3.63, 3.8) is 0 Å². The van der Waals surface area contributed by atoms with E-state index in [4.69, 9.17) is 20.9 Å². The van der Waals surface area contributed by atoms with E-state index in [9.17, 15) is 0 Å². The Kier molecular flexibility index (Phi) is 5.30. The van der Waals surface area contributed by atoms with Crippen molar-refractivity contribution in [2.75, 3.05) is 0 Å². The van der Waals surface area contributed by atoms with E-state index in [0.717, 1.165) is 5.92 Å². The summed E-state index contributed by atoms with van der Waals surface area (Å²) >= 11 is 7.72. The first-order valence-electron chi connectivity index (χ1n) is 8.15. The monoisotopic (exact) mass is 350 g/mol. The van der Waals surface area contributed by atoms with Gasteiger partial charge in [0.2, 0.25) is 5.69 Å². The van der Waals surface area contributed by atoms with Gasteiger partial charge in [-0.15, -0.1) is 0 Å². The maximum atomic E-state index is 6.10.